The van der Waals surface area contributed by atoms with Crippen molar-refractivity contribution >= 4 is 18.1 Å². The maximum atomic E-state index is 13.9. The Balaban J connectivity index is 2.22. The molecule has 0 aliphatic carbocycles. The van der Waals surface area contributed by atoms with Crippen molar-refractivity contribution in [2.45, 2.75) is 90.9 Å². The van der Waals surface area contributed by atoms with Gasteiger partial charge in [-0.15, -0.1) is 0 Å². The summed E-state index contributed by atoms with van der Waals surface area (Å²) in [4.78, 5) is 42.9. The molecule has 0 radical (unpaired) electrons. The summed E-state index contributed by atoms with van der Waals surface area (Å²) in [6.45, 7) is 14.1. The zero-order valence-electron chi connectivity index (χ0n) is 24.6. The lowest BCUT2D eigenvalue weighted by Gasteiger charge is -2.39. The molecule has 2 amide bonds. The van der Waals surface area contributed by atoms with Crippen molar-refractivity contribution in [3.8, 4) is 0 Å². The maximum Gasteiger partial charge on any atom is 0.240 e. The molecule has 0 spiro atoms. The summed E-state index contributed by atoms with van der Waals surface area (Å²) >= 11 is 0. The summed E-state index contributed by atoms with van der Waals surface area (Å²) in [7, 11) is 1.74. The minimum atomic E-state index is -0.762. The average Bonchev–Trinajstić information content (AvgIpc) is 3.33. The molecule has 1 heterocycles. The highest BCUT2D eigenvalue weighted by atomic mass is 16.2. The first-order valence-corrected chi connectivity index (χ1v) is 14.1. The number of rotatable bonds is 14. The van der Waals surface area contributed by atoms with Crippen LogP contribution in [0.1, 0.15) is 66.4 Å². The van der Waals surface area contributed by atoms with Crippen LogP contribution in [0.25, 0.3) is 0 Å². The number of amides is 2. The molecule has 0 saturated carbocycles. The Kier molecular flexibility index (Phi) is 11.9. The molecule has 2 rings (SSSR count). The first-order chi connectivity index (χ1) is 17.8. The van der Waals surface area contributed by atoms with E-state index in [1.54, 1.807) is 7.05 Å². The van der Waals surface area contributed by atoms with Crippen molar-refractivity contribution < 1.29 is 14.4 Å². The minimum absolute atomic E-state index is 0.0197. The number of nitrogens with one attached hydrogen (secondary N) is 2. The third-order valence-corrected chi connectivity index (χ3v) is 7.58. The van der Waals surface area contributed by atoms with Gasteiger partial charge in [-0.05, 0) is 56.6 Å². The molecule has 1 aliphatic heterocycles. The Morgan fingerprint density at radius 2 is 1.84 bits per heavy atom. The smallest absolute Gasteiger partial charge is 0.240 e. The van der Waals surface area contributed by atoms with Gasteiger partial charge in [-0.1, -0.05) is 65.0 Å². The normalized spacial score (nSPS) is 19.2. The van der Waals surface area contributed by atoms with E-state index in [0.717, 1.165) is 25.5 Å². The van der Waals surface area contributed by atoms with E-state index in [-0.39, 0.29) is 23.3 Å². The standard InChI is InChI=1S/C30H51N5O3/c1-22(2)18-25(31)27(37)34(17-15-23-12-9-8-10-13-23)19-24-14-11-16-35(24)28(38)26(29(3,4)5)33-20-30(6,21-36)32-7/h8-10,12-13,21-22,24-26,32-33H,11,14-20,31H2,1-7H3/t24-,25+,26+,30+/m0/s1. The van der Waals surface area contributed by atoms with Crippen LogP contribution in [-0.4, -0.2) is 84.8 Å². The molecule has 38 heavy (non-hydrogen) atoms. The van der Waals surface area contributed by atoms with Crippen molar-refractivity contribution in [2.75, 3.05) is 33.2 Å². The minimum Gasteiger partial charge on any atom is -0.339 e. The predicted molar refractivity (Wildman–Crippen MR) is 154 cm³/mol. The molecule has 4 N–H and O–H groups in total. The highest BCUT2D eigenvalue weighted by Gasteiger charge is 2.40. The topological polar surface area (TPSA) is 108 Å². The molecule has 1 aromatic carbocycles. The number of carbonyl (C=O) groups excluding carboxylic acids is 3. The van der Waals surface area contributed by atoms with E-state index in [1.165, 1.54) is 5.56 Å². The number of likely N-dealkylation sites (tertiary alicyclic amines) is 1. The molecule has 1 fully saturated rings. The largest absolute Gasteiger partial charge is 0.339 e. The monoisotopic (exact) mass is 529 g/mol. The number of carbonyl (C=O) groups is 3. The van der Waals surface area contributed by atoms with E-state index in [0.29, 0.717) is 38.5 Å². The van der Waals surface area contributed by atoms with Crippen LogP contribution in [-0.2, 0) is 20.8 Å². The Morgan fingerprint density at radius 1 is 1.18 bits per heavy atom. The summed E-state index contributed by atoms with van der Waals surface area (Å²) < 4.78 is 0. The fraction of sp³-hybridized carbons (Fsp3) is 0.700. The predicted octanol–water partition coefficient (Wildman–Crippen LogP) is 2.60. The number of hydrogen-bond acceptors (Lipinski definition) is 6. The fourth-order valence-electron chi connectivity index (χ4n) is 5.05. The van der Waals surface area contributed by atoms with Gasteiger partial charge >= 0.3 is 0 Å². The van der Waals surface area contributed by atoms with Crippen LogP contribution < -0.4 is 16.4 Å². The van der Waals surface area contributed by atoms with Crippen molar-refractivity contribution in [3.05, 3.63) is 35.9 Å². The first-order valence-electron chi connectivity index (χ1n) is 14.1. The van der Waals surface area contributed by atoms with E-state index in [1.807, 2.05) is 55.7 Å². The van der Waals surface area contributed by atoms with Gasteiger partial charge in [0.2, 0.25) is 11.8 Å². The molecule has 214 valence electrons. The number of benzene rings is 1. The van der Waals surface area contributed by atoms with E-state index < -0.39 is 17.6 Å². The molecule has 0 unspecified atom stereocenters. The highest BCUT2D eigenvalue weighted by molar-refractivity contribution is 5.84. The number of hydrogen-bond donors (Lipinski definition) is 3. The first kappa shape index (κ1) is 31.9. The van der Waals surface area contributed by atoms with Gasteiger partial charge in [0.1, 0.15) is 6.29 Å². The molecule has 8 nitrogen and oxygen atoms in total. The van der Waals surface area contributed by atoms with Crippen LogP contribution in [0.5, 0.6) is 0 Å². The maximum absolute atomic E-state index is 13.9. The number of likely N-dealkylation sites (N-methyl/N-ethyl adjacent to an activating group) is 1. The van der Waals surface area contributed by atoms with E-state index in [2.05, 4.69) is 36.6 Å². The lowest BCUT2D eigenvalue weighted by Crippen LogP contribution is -2.60. The third-order valence-electron chi connectivity index (χ3n) is 7.58. The summed E-state index contributed by atoms with van der Waals surface area (Å²) in [5.41, 5.74) is 6.40. The van der Waals surface area contributed by atoms with Gasteiger partial charge in [-0.2, -0.15) is 0 Å². The van der Waals surface area contributed by atoms with Gasteiger partial charge in [0.05, 0.1) is 17.6 Å². The lowest BCUT2D eigenvalue weighted by atomic mass is 9.85. The van der Waals surface area contributed by atoms with Crippen LogP contribution in [0.3, 0.4) is 0 Å². The molecular weight excluding hydrogens is 478 g/mol. The Hall–Kier alpha value is -2.29. The fourth-order valence-corrected chi connectivity index (χ4v) is 5.05. The third kappa shape index (κ3) is 9.17. The molecule has 1 aliphatic rings. The lowest BCUT2D eigenvalue weighted by molar-refractivity contribution is -0.140. The number of nitrogens with zero attached hydrogens (tertiary/aromatic N) is 2. The molecule has 8 heteroatoms. The van der Waals surface area contributed by atoms with E-state index >= 15 is 0 Å². The van der Waals surface area contributed by atoms with Crippen molar-refractivity contribution in [1.82, 2.24) is 20.4 Å². The van der Waals surface area contributed by atoms with E-state index in [4.69, 9.17) is 5.73 Å². The number of nitrogens with two attached hydrogens (primary N) is 1. The Bertz CT molecular complexity index is 901. The zero-order valence-corrected chi connectivity index (χ0v) is 24.6. The molecule has 0 bridgehead atoms. The molecule has 0 aromatic heterocycles. The van der Waals surface area contributed by atoms with Gasteiger partial charge in [-0.3, -0.25) is 9.59 Å². The second kappa shape index (κ2) is 14.2. The molecule has 4 atom stereocenters. The van der Waals surface area contributed by atoms with Crippen molar-refractivity contribution in [2.24, 2.45) is 17.1 Å². The molecular formula is C30H51N5O3. The summed E-state index contributed by atoms with van der Waals surface area (Å²) in [6, 6.07) is 9.05. The van der Waals surface area contributed by atoms with Crippen molar-refractivity contribution in [1.29, 1.82) is 0 Å². The Labute approximate surface area is 230 Å². The van der Waals surface area contributed by atoms with Gasteiger partial charge in [0.25, 0.3) is 0 Å². The van der Waals surface area contributed by atoms with Gasteiger partial charge in [0.15, 0.2) is 0 Å². The Morgan fingerprint density at radius 3 is 2.39 bits per heavy atom. The zero-order chi connectivity index (χ0) is 28.5. The van der Waals surface area contributed by atoms with Crippen LogP contribution in [0.15, 0.2) is 30.3 Å². The van der Waals surface area contributed by atoms with Crippen LogP contribution in [0.2, 0.25) is 0 Å². The molecule has 1 aromatic rings. The highest BCUT2D eigenvalue weighted by Crippen LogP contribution is 2.27. The van der Waals surface area contributed by atoms with Gasteiger partial charge < -0.3 is 31.0 Å². The van der Waals surface area contributed by atoms with E-state index in [9.17, 15) is 14.4 Å². The average molecular weight is 530 g/mol. The van der Waals surface area contributed by atoms with Crippen LogP contribution in [0.4, 0.5) is 0 Å². The molecule has 1 saturated heterocycles. The number of aldehydes is 1. The quantitative estimate of drug-likeness (QED) is 0.320. The van der Waals surface area contributed by atoms with Gasteiger partial charge in [-0.25, -0.2) is 0 Å². The van der Waals surface area contributed by atoms with Crippen molar-refractivity contribution in [3.63, 3.8) is 0 Å². The SMILES string of the molecule is CN[C@@](C)(C=O)CN[C@H](C(=O)N1CCC[C@H]1CN(CCc1ccccc1)C(=O)[C@H](N)CC(C)C)C(C)(C)C. The second-order valence-corrected chi connectivity index (χ2v) is 12.5. The van der Waals surface area contributed by atoms with Gasteiger partial charge in [0, 0.05) is 32.2 Å². The summed E-state index contributed by atoms with van der Waals surface area (Å²) in [5, 5.41) is 6.41. The summed E-state index contributed by atoms with van der Waals surface area (Å²) in [5.74, 6) is 0.296. The second-order valence-electron chi connectivity index (χ2n) is 12.5. The van der Waals surface area contributed by atoms with Crippen LogP contribution in [0, 0.1) is 11.3 Å². The van der Waals surface area contributed by atoms with Crippen LogP contribution >= 0.6 is 0 Å². The summed E-state index contributed by atoms with van der Waals surface area (Å²) in [6.07, 6.45) is 3.99.